The summed E-state index contributed by atoms with van der Waals surface area (Å²) in [5.74, 6) is 0. The Morgan fingerprint density at radius 3 is 2.64 bits per heavy atom. The smallest absolute Gasteiger partial charge is 0.411 e. The number of piperazine rings is 1. The van der Waals surface area contributed by atoms with Gasteiger partial charge in [-0.15, -0.1) is 0 Å². The van der Waals surface area contributed by atoms with Crippen molar-refractivity contribution in [2.45, 2.75) is 57.3 Å². The lowest BCUT2D eigenvalue weighted by molar-refractivity contribution is -0.0577. The van der Waals surface area contributed by atoms with Gasteiger partial charge in [0.25, 0.3) is 0 Å². The number of benzene rings is 1. The van der Waals surface area contributed by atoms with E-state index in [4.69, 9.17) is 9.47 Å². The Morgan fingerprint density at radius 1 is 1.28 bits per heavy atom. The van der Waals surface area contributed by atoms with E-state index in [1.807, 2.05) is 31.7 Å². The summed E-state index contributed by atoms with van der Waals surface area (Å²) in [4.78, 5) is 17.3. The van der Waals surface area contributed by atoms with Gasteiger partial charge in [0.2, 0.25) is 0 Å². The average molecular weight is 346 g/mol. The second-order valence-electron chi connectivity index (χ2n) is 8.36. The number of hydrogen-bond acceptors (Lipinski definition) is 4. The Hall–Kier alpha value is -1.59. The van der Waals surface area contributed by atoms with Gasteiger partial charge in [-0.2, -0.15) is 0 Å². The molecule has 2 heterocycles. The average Bonchev–Trinajstić information content (AvgIpc) is 2.75. The number of fused-ring (bicyclic) bond motifs is 2. The molecule has 2 fully saturated rings. The van der Waals surface area contributed by atoms with Gasteiger partial charge < -0.3 is 9.47 Å². The molecular formula is C20H30N2O3. The molecule has 0 aromatic heterocycles. The number of likely N-dealkylation sites (tertiary alicyclic amines) is 1. The molecule has 2 aliphatic heterocycles. The summed E-state index contributed by atoms with van der Waals surface area (Å²) >= 11 is 0. The lowest BCUT2D eigenvalue weighted by Crippen LogP contribution is -2.65. The van der Waals surface area contributed by atoms with Crippen LogP contribution in [0.2, 0.25) is 0 Å². The van der Waals surface area contributed by atoms with Crippen LogP contribution in [0.5, 0.6) is 0 Å². The Kier molecular flexibility index (Phi) is 5.07. The summed E-state index contributed by atoms with van der Waals surface area (Å²) < 4.78 is 11.2. The van der Waals surface area contributed by atoms with E-state index in [1.165, 1.54) is 5.56 Å². The van der Waals surface area contributed by atoms with Crippen LogP contribution in [0.1, 0.15) is 39.2 Å². The molecule has 2 atom stereocenters. The normalized spacial score (nSPS) is 26.7. The maximum atomic E-state index is 12.8. The fraction of sp³-hybridized carbons (Fsp3) is 0.650. The van der Waals surface area contributed by atoms with Crippen LogP contribution >= 0.6 is 0 Å². The lowest BCUT2D eigenvalue weighted by Gasteiger charge is -2.48. The van der Waals surface area contributed by atoms with Crippen molar-refractivity contribution in [3.63, 3.8) is 0 Å². The quantitative estimate of drug-likeness (QED) is 0.839. The fourth-order valence-electron chi connectivity index (χ4n) is 4.25. The van der Waals surface area contributed by atoms with Gasteiger partial charge in [-0.25, -0.2) is 4.79 Å². The van der Waals surface area contributed by atoms with Crippen LogP contribution in [-0.2, 0) is 16.0 Å². The van der Waals surface area contributed by atoms with E-state index < -0.39 is 5.60 Å². The van der Waals surface area contributed by atoms with Crippen LogP contribution in [0.3, 0.4) is 0 Å². The van der Waals surface area contributed by atoms with Crippen molar-refractivity contribution in [2.24, 2.45) is 0 Å². The van der Waals surface area contributed by atoms with E-state index >= 15 is 0 Å². The molecule has 0 aliphatic carbocycles. The molecule has 1 aromatic rings. The fourth-order valence-corrected chi connectivity index (χ4v) is 4.25. The lowest BCUT2D eigenvalue weighted by atomic mass is 9.95. The van der Waals surface area contributed by atoms with Gasteiger partial charge >= 0.3 is 6.09 Å². The van der Waals surface area contributed by atoms with Gasteiger partial charge in [0.1, 0.15) is 5.60 Å². The first kappa shape index (κ1) is 18.2. The molecule has 2 saturated heterocycles. The summed E-state index contributed by atoms with van der Waals surface area (Å²) in [5, 5.41) is 0. The van der Waals surface area contributed by atoms with E-state index in [2.05, 4.69) is 29.2 Å². The molecule has 0 saturated carbocycles. The summed E-state index contributed by atoms with van der Waals surface area (Å²) in [6.07, 6.45) is 1.77. The third kappa shape index (κ3) is 3.98. The second kappa shape index (κ2) is 6.96. The molecule has 5 heteroatoms. The van der Waals surface area contributed by atoms with Gasteiger partial charge in [-0.1, -0.05) is 30.3 Å². The predicted molar refractivity (Wildman–Crippen MR) is 97.4 cm³/mol. The standard InChI is InChI=1S/C20H30N2O3/c1-19(2,3)25-18(23)22-17-10-11-20(22,15-24-4)14-21(13-17)12-16-8-6-5-7-9-16/h5-9,17H,10-15H2,1-4H3. The minimum absolute atomic E-state index is 0.197. The molecule has 1 aromatic carbocycles. The molecule has 0 N–H and O–H groups in total. The predicted octanol–water partition coefficient (Wildman–Crippen LogP) is 3.29. The van der Waals surface area contributed by atoms with Crippen molar-refractivity contribution in [1.82, 2.24) is 9.80 Å². The molecular weight excluding hydrogens is 316 g/mol. The number of hydrogen-bond donors (Lipinski definition) is 0. The van der Waals surface area contributed by atoms with Crippen LogP contribution in [0, 0.1) is 0 Å². The minimum Gasteiger partial charge on any atom is -0.444 e. The zero-order valence-corrected chi connectivity index (χ0v) is 15.8. The van der Waals surface area contributed by atoms with Crippen molar-refractivity contribution in [2.75, 3.05) is 26.8 Å². The first-order chi connectivity index (χ1) is 11.8. The maximum absolute atomic E-state index is 12.8. The first-order valence-electron chi connectivity index (χ1n) is 9.10. The van der Waals surface area contributed by atoms with Crippen LogP contribution in [0.15, 0.2) is 30.3 Å². The number of amides is 1. The Bertz CT molecular complexity index is 595. The largest absolute Gasteiger partial charge is 0.444 e. The summed E-state index contributed by atoms with van der Waals surface area (Å²) in [7, 11) is 1.71. The first-order valence-corrected chi connectivity index (χ1v) is 9.10. The molecule has 2 aliphatic rings. The highest BCUT2D eigenvalue weighted by Crippen LogP contribution is 2.40. The van der Waals surface area contributed by atoms with Gasteiger partial charge in [0.05, 0.1) is 12.1 Å². The van der Waals surface area contributed by atoms with Crippen molar-refractivity contribution in [1.29, 1.82) is 0 Å². The number of methoxy groups -OCH3 is 1. The highest BCUT2D eigenvalue weighted by molar-refractivity contribution is 5.70. The second-order valence-corrected chi connectivity index (χ2v) is 8.36. The van der Waals surface area contributed by atoms with Crippen LogP contribution in [0.25, 0.3) is 0 Å². The van der Waals surface area contributed by atoms with Gasteiger partial charge in [-0.05, 0) is 39.2 Å². The van der Waals surface area contributed by atoms with Crippen LogP contribution in [0.4, 0.5) is 4.79 Å². The Labute approximate surface area is 150 Å². The van der Waals surface area contributed by atoms with Crippen LogP contribution in [-0.4, -0.2) is 59.9 Å². The number of ether oxygens (including phenoxy) is 2. The summed E-state index contributed by atoms with van der Waals surface area (Å²) in [6.45, 7) is 8.93. The van der Waals surface area contributed by atoms with Crippen molar-refractivity contribution < 1.29 is 14.3 Å². The van der Waals surface area contributed by atoms with Crippen LogP contribution < -0.4 is 0 Å². The van der Waals surface area contributed by atoms with Crippen molar-refractivity contribution in [3.05, 3.63) is 35.9 Å². The Morgan fingerprint density at radius 2 is 2.00 bits per heavy atom. The highest BCUT2D eigenvalue weighted by atomic mass is 16.6. The number of carbonyl (C=O) groups excluding carboxylic acids is 1. The monoisotopic (exact) mass is 346 g/mol. The zero-order valence-electron chi connectivity index (χ0n) is 15.8. The SMILES string of the molecule is COCC12CCC(CN(Cc3ccccc3)C1)N2C(=O)OC(C)(C)C. The molecule has 25 heavy (non-hydrogen) atoms. The molecule has 138 valence electrons. The molecule has 1 amide bonds. The number of rotatable bonds is 4. The third-order valence-corrected chi connectivity index (χ3v) is 5.06. The van der Waals surface area contributed by atoms with Gasteiger partial charge in [0, 0.05) is 32.8 Å². The summed E-state index contributed by atoms with van der Waals surface area (Å²) in [6, 6.07) is 10.7. The maximum Gasteiger partial charge on any atom is 0.411 e. The molecule has 0 spiro atoms. The van der Waals surface area contributed by atoms with Crippen molar-refractivity contribution >= 4 is 6.09 Å². The number of carbonyl (C=O) groups is 1. The topological polar surface area (TPSA) is 42.0 Å². The third-order valence-electron chi connectivity index (χ3n) is 5.06. The van der Waals surface area contributed by atoms with Gasteiger partial charge in [-0.3, -0.25) is 9.80 Å². The van der Waals surface area contributed by atoms with E-state index in [0.29, 0.717) is 6.61 Å². The summed E-state index contributed by atoms with van der Waals surface area (Å²) in [5.41, 5.74) is 0.543. The molecule has 2 unspecified atom stereocenters. The molecule has 2 bridgehead atoms. The van der Waals surface area contributed by atoms with E-state index in [9.17, 15) is 4.79 Å². The minimum atomic E-state index is -0.480. The molecule has 5 nitrogen and oxygen atoms in total. The van der Waals surface area contributed by atoms with Gasteiger partial charge in [0.15, 0.2) is 0 Å². The zero-order chi connectivity index (χ0) is 18.1. The van der Waals surface area contributed by atoms with E-state index in [1.54, 1.807) is 7.11 Å². The van der Waals surface area contributed by atoms with E-state index in [-0.39, 0.29) is 17.7 Å². The Balaban J connectivity index is 1.78. The molecule has 3 rings (SSSR count). The number of nitrogens with zero attached hydrogens (tertiary/aromatic N) is 2. The molecule has 0 radical (unpaired) electrons. The van der Waals surface area contributed by atoms with E-state index in [0.717, 1.165) is 32.5 Å². The highest BCUT2D eigenvalue weighted by Gasteiger charge is 2.54. The van der Waals surface area contributed by atoms with Crippen molar-refractivity contribution in [3.8, 4) is 0 Å².